The minimum atomic E-state index is 0.512. The van der Waals surface area contributed by atoms with E-state index in [2.05, 4.69) is 25.7 Å². The lowest BCUT2D eigenvalue weighted by Gasteiger charge is -2.54. The lowest BCUT2D eigenvalue weighted by Crippen LogP contribution is -2.59. The van der Waals surface area contributed by atoms with Gasteiger partial charge in [0.25, 0.3) is 0 Å². The van der Waals surface area contributed by atoms with Crippen molar-refractivity contribution >= 4 is 0 Å². The fourth-order valence-electron chi connectivity index (χ4n) is 2.41. The molecule has 1 heteroatoms. The molecular weight excluding hydrogens is 146 g/mol. The van der Waals surface area contributed by atoms with Gasteiger partial charge in [-0.3, -0.25) is 4.90 Å². The fraction of sp³-hybridized carbons (Fsp3) is 1.00. The zero-order chi connectivity index (χ0) is 8.82. The molecule has 2 fully saturated rings. The van der Waals surface area contributed by atoms with E-state index in [0.717, 1.165) is 0 Å². The molecule has 1 nitrogen and oxygen atoms in total. The standard InChI is InChI=1S/C11H21N/c1-10(2)7-8-12(10)9-11(3)5-4-6-11/h4-9H2,1-3H3. The van der Waals surface area contributed by atoms with Gasteiger partial charge in [0.2, 0.25) is 0 Å². The molecule has 0 aromatic heterocycles. The van der Waals surface area contributed by atoms with E-state index in [-0.39, 0.29) is 0 Å². The molecule has 1 saturated heterocycles. The topological polar surface area (TPSA) is 3.24 Å². The van der Waals surface area contributed by atoms with E-state index in [4.69, 9.17) is 0 Å². The van der Waals surface area contributed by atoms with Crippen LogP contribution < -0.4 is 0 Å². The van der Waals surface area contributed by atoms with Crippen LogP contribution in [0.15, 0.2) is 0 Å². The molecule has 0 spiro atoms. The smallest absolute Gasteiger partial charge is 0.0165 e. The Morgan fingerprint density at radius 1 is 1.08 bits per heavy atom. The van der Waals surface area contributed by atoms with Gasteiger partial charge in [0.15, 0.2) is 0 Å². The van der Waals surface area contributed by atoms with Crippen molar-refractivity contribution in [3.05, 3.63) is 0 Å². The summed E-state index contributed by atoms with van der Waals surface area (Å²) >= 11 is 0. The molecule has 1 aliphatic carbocycles. The lowest BCUT2D eigenvalue weighted by molar-refractivity contribution is -0.0394. The third-order valence-electron chi connectivity index (χ3n) is 3.98. The maximum absolute atomic E-state index is 2.66. The predicted octanol–water partition coefficient (Wildman–Crippen LogP) is 2.66. The van der Waals surface area contributed by atoms with Gasteiger partial charge >= 0.3 is 0 Å². The van der Waals surface area contributed by atoms with Crippen LogP contribution in [0.5, 0.6) is 0 Å². The molecule has 0 aromatic rings. The Morgan fingerprint density at radius 3 is 2.00 bits per heavy atom. The second-order valence-corrected chi connectivity index (χ2v) is 5.65. The second-order valence-electron chi connectivity index (χ2n) is 5.65. The first-order valence-corrected chi connectivity index (χ1v) is 5.27. The summed E-state index contributed by atoms with van der Waals surface area (Å²) in [4.78, 5) is 2.66. The van der Waals surface area contributed by atoms with Crippen LogP contribution in [-0.2, 0) is 0 Å². The number of hydrogen-bond donors (Lipinski definition) is 0. The Labute approximate surface area is 76.1 Å². The van der Waals surface area contributed by atoms with Gasteiger partial charge < -0.3 is 0 Å². The second kappa shape index (κ2) is 2.47. The zero-order valence-electron chi connectivity index (χ0n) is 8.69. The zero-order valence-corrected chi connectivity index (χ0v) is 8.69. The van der Waals surface area contributed by atoms with E-state index >= 15 is 0 Å². The number of nitrogens with zero attached hydrogens (tertiary/aromatic N) is 1. The van der Waals surface area contributed by atoms with Crippen molar-refractivity contribution in [2.75, 3.05) is 13.1 Å². The van der Waals surface area contributed by atoms with Crippen LogP contribution in [0.2, 0.25) is 0 Å². The van der Waals surface area contributed by atoms with Gasteiger partial charge in [0.05, 0.1) is 0 Å². The van der Waals surface area contributed by atoms with E-state index in [1.54, 1.807) is 0 Å². The van der Waals surface area contributed by atoms with E-state index in [0.29, 0.717) is 11.0 Å². The summed E-state index contributed by atoms with van der Waals surface area (Å²) in [6, 6.07) is 0. The summed E-state index contributed by atoms with van der Waals surface area (Å²) in [5.41, 5.74) is 1.19. The molecule has 0 unspecified atom stereocenters. The molecule has 1 saturated carbocycles. The Balaban J connectivity index is 1.87. The summed E-state index contributed by atoms with van der Waals surface area (Å²) in [6.07, 6.45) is 5.77. The fourth-order valence-corrected chi connectivity index (χ4v) is 2.41. The normalized spacial score (nSPS) is 32.2. The van der Waals surface area contributed by atoms with Gasteiger partial charge in [-0.05, 0) is 38.5 Å². The molecule has 12 heavy (non-hydrogen) atoms. The summed E-state index contributed by atoms with van der Waals surface area (Å²) in [5.74, 6) is 0. The maximum Gasteiger partial charge on any atom is 0.0165 e. The van der Waals surface area contributed by atoms with Crippen LogP contribution in [0.4, 0.5) is 0 Å². The molecule has 1 heterocycles. The van der Waals surface area contributed by atoms with Crippen LogP contribution in [-0.4, -0.2) is 23.5 Å². The van der Waals surface area contributed by atoms with Crippen LogP contribution >= 0.6 is 0 Å². The third-order valence-corrected chi connectivity index (χ3v) is 3.98. The molecule has 0 radical (unpaired) electrons. The Bertz CT molecular complexity index is 179. The lowest BCUT2D eigenvalue weighted by atomic mass is 9.69. The van der Waals surface area contributed by atoms with Crippen molar-refractivity contribution in [1.29, 1.82) is 0 Å². The number of likely N-dealkylation sites (tertiary alicyclic amines) is 1. The van der Waals surface area contributed by atoms with Crippen molar-refractivity contribution in [2.45, 2.75) is 52.0 Å². The first-order chi connectivity index (χ1) is 5.52. The van der Waals surface area contributed by atoms with Crippen LogP contribution in [0.25, 0.3) is 0 Å². The molecule has 1 aliphatic heterocycles. The van der Waals surface area contributed by atoms with Crippen molar-refractivity contribution in [2.24, 2.45) is 5.41 Å². The van der Waals surface area contributed by atoms with E-state index in [9.17, 15) is 0 Å². The summed E-state index contributed by atoms with van der Waals surface area (Å²) < 4.78 is 0. The van der Waals surface area contributed by atoms with Gasteiger partial charge in [0, 0.05) is 18.6 Å². The first kappa shape index (κ1) is 8.55. The van der Waals surface area contributed by atoms with Crippen molar-refractivity contribution in [1.82, 2.24) is 4.90 Å². The third kappa shape index (κ3) is 1.28. The van der Waals surface area contributed by atoms with Gasteiger partial charge in [-0.2, -0.15) is 0 Å². The van der Waals surface area contributed by atoms with Gasteiger partial charge in [-0.15, -0.1) is 0 Å². The minimum Gasteiger partial charge on any atom is -0.298 e. The summed E-state index contributed by atoms with van der Waals surface area (Å²) in [5, 5.41) is 0. The molecule has 70 valence electrons. The number of hydrogen-bond acceptors (Lipinski definition) is 1. The summed E-state index contributed by atoms with van der Waals surface area (Å²) in [6.45, 7) is 9.88. The molecule has 0 N–H and O–H groups in total. The van der Waals surface area contributed by atoms with Crippen LogP contribution in [0, 0.1) is 5.41 Å². The maximum atomic E-state index is 2.66. The molecule has 0 aromatic carbocycles. The highest BCUT2D eigenvalue weighted by molar-refractivity contribution is 4.97. The average molecular weight is 167 g/mol. The molecule has 0 bridgehead atoms. The van der Waals surface area contributed by atoms with E-state index in [1.165, 1.54) is 38.8 Å². The van der Waals surface area contributed by atoms with E-state index < -0.39 is 0 Å². The van der Waals surface area contributed by atoms with Crippen LogP contribution in [0.1, 0.15) is 46.5 Å². The SMILES string of the molecule is CC1(CN2CCC2(C)C)CCC1. The average Bonchev–Trinajstić information content (AvgIpc) is 1.95. The summed E-state index contributed by atoms with van der Waals surface area (Å²) in [7, 11) is 0. The molecule has 0 amide bonds. The highest BCUT2D eigenvalue weighted by Crippen LogP contribution is 2.44. The highest BCUT2D eigenvalue weighted by Gasteiger charge is 2.42. The minimum absolute atomic E-state index is 0.512. The van der Waals surface area contributed by atoms with Gasteiger partial charge in [0.1, 0.15) is 0 Å². The highest BCUT2D eigenvalue weighted by atomic mass is 15.2. The molecule has 2 aliphatic rings. The van der Waals surface area contributed by atoms with E-state index in [1.807, 2.05) is 0 Å². The molecular formula is C11H21N. The van der Waals surface area contributed by atoms with Crippen molar-refractivity contribution in [3.63, 3.8) is 0 Å². The molecule has 2 rings (SSSR count). The van der Waals surface area contributed by atoms with Crippen LogP contribution in [0.3, 0.4) is 0 Å². The van der Waals surface area contributed by atoms with Crippen molar-refractivity contribution in [3.8, 4) is 0 Å². The Morgan fingerprint density at radius 2 is 1.75 bits per heavy atom. The Hall–Kier alpha value is -0.0400. The number of rotatable bonds is 2. The monoisotopic (exact) mass is 167 g/mol. The quantitative estimate of drug-likeness (QED) is 0.611. The first-order valence-electron chi connectivity index (χ1n) is 5.27. The van der Waals surface area contributed by atoms with Crippen molar-refractivity contribution < 1.29 is 0 Å². The Kier molecular flexibility index (Phi) is 1.76. The van der Waals surface area contributed by atoms with Gasteiger partial charge in [-0.25, -0.2) is 0 Å². The molecule has 0 atom stereocenters. The predicted molar refractivity (Wildman–Crippen MR) is 52.2 cm³/mol. The largest absolute Gasteiger partial charge is 0.298 e. The van der Waals surface area contributed by atoms with Gasteiger partial charge in [-0.1, -0.05) is 13.3 Å².